The minimum Gasteiger partial charge on any atom is -0.222 e. The van der Waals surface area contributed by atoms with Gasteiger partial charge in [0.2, 0.25) is 12.2 Å². The number of isocyanates is 2. The number of carbonyl (C=O) groups excluding carboxylic acids is 2. The normalized spacial score (nSPS) is 20.0. The van der Waals surface area contributed by atoms with E-state index in [1.165, 1.54) is 19.3 Å². The predicted octanol–water partition coefficient (Wildman–Crippen LogP) is 2.53. The summed E-state index contributed by atoms with van der Waals surface area (Å²) in [6.07, 6.45) is 12.3. The predicted molar refractivity (Wildman–Crippen MR) is 51.6 cm³/mol. The van der Waals surface area contributed by atoms with Gasteiger partial charge in [-0.1, -0.05) is 19.3 Å². The minimum atomic E-state index is 0.750. The van der Waals surface area contributed by atoms with E-state index in [1.807, 2.05) is 0 Å². The van der Waals surface area contributed by atoms with Crippen LogP contribution in [0.4, 0.5) is 0 Å². The Morgan fingerprint density at radius 3 is 1.21 bits per heavy atom. The van der Waals surface area contributed by atoms with Gasteiger partial charge < -0.3 is 0 Å². The molecule has 4 nitrogen and oxygen atoms in total. The van der Waals surface area contributed by atoms with Gasteiger partial charge in [0, 0.05) is 0 Å². The molecular formula is C10H16N2O2. The Morgan fingerprint density at radius 2 is 1.07 bits per heavy atom. The van der Waals surface area contributed by atoms with Crippen LogP contribution in [0.3, 0.4) is 0 Å². The monoisotopic (exact) mass is 196 g/mol. The molecular weight excluding hydrogens is 180 g/mol. The lowest BCUT2D eigenvalue weighted by atomic mass is 9.68. The van der Waals surface area contributed by atoms with E-state index >= 15 is 0 Å². The molecule has 0 bridgehead atoms. The van der Waals surface area contributed by atoms with Crippen LogP contribution in [-0.4, -0.2) is 12.2 Å². The topological polar surface area (TPSA) is 81.8 Å². The van der Waals surface area contributed by atoms with Crippen molar-refractivity contribution in [3.63, 3.8) is 0 Å². The third-order valence-corrected chi connectivity index (χ3v) is 3.08. The molecule has 2 aliphatic carbocycles. The van der Waals surface area contributed by atoms with Crippen LogP contribution in [0.5, 0.6) is 0 Å². The highest BCUT2D eigenvalue weighted by atomic mass is 16.1. The molecule has 2 aliphatic rings. The average molecular weight is 196 g/mol. The van der Waals surface area contributed by atoms with E-state index < -0.39 is 0 Å². The van der Waals surface area contributed by atoms with Crippen LogP contribution in [0.1, 0.15) is 44.9 Å². The molecule has 0 aliphatic heterocycles. The van der Waals surface area contributed by atoms with Gasteiger partial charge in [-0.15, -0.1) is 0 Å². The molecule has 78 valence electrons. The van der Waals surface area contributed by atoms with E-state index in [4.69, 9.17) is 20.4 Å². The van der Waals surface area contributed by atoms with Crippen LogP contribution in [0.2, 0.25) is 0 Å². The quantitative estimate of drug-likeness (QED) is 0.461. The molecule has 0 saturated heterocycles. The van der Waals surface area contributed by atoms with E-state index in [9.17, 15) is 0 Å². The first kappa shape index (κ1) is 12.8. The van der Waals surface area contributed by atoms with Crippen LogP contribution >= 0.6 is 0 Å². The zero-order valence-electron chi connectivity index (χ0n) is 8.27. The number of nitrogens with one attached hydrogen (secondary N) is 2. The molecule has 0 atom stereocenters. The first-order valence-corrected chi connectivity index (χ1v) is 4.82. The molecule has 0 amide bonds. The highest BCUT2D eigenvalue weighted by Gasteiger charge is 2.38. The van der Waals surface area contributed by atoms with Crippen LogP contribution in [0.15, 0.2) is 0 Å². The molecule has 2 rings (SSSR count). The summed E-state index contributed by atoms with van der Waals surface area (Å²) in [5.74, 6) is 0. The third-order valence-electron chi connectivity index (χ3n) is 3.08. The molecule has 0 heterocycles. The molecule has 0 unspecified atom stereocenters. The van der Waals surface area contributed by atoms with E-state index in [2.05, 4.69) is 0 Å². The van der Waals surface area contributed by atoms with Gasteiger partial charge in [0.25, 0.3) is 0 Å². The molecule has 0 aromatic heterocycles. The molecule has 0 radical (unpaired) electrons. The minimum absolute atomic E-state index is 0.750. The summed E-state index contributed by atoms with van der Waals surface area (Å²) >= 11 is 0. The van der Waals surface area contributed by atoms with E-state index in [0.717, 1.165) is 17.6 Å². The Kier molecular flexibility index (Phi) is 6.55. The lowest BCUT2D eigenvalue weighted by Gasteiger charge is -2.38. The van der Waals surface area contributed by atoms with Gasteiger partial charge in [-0.05, 0) is 31.1 Å². The van der Waals surface area contributed by atoms with Gasteiger partial charge in [-0.3, -0.25) is 0 Å². The first-order chi connectivity index (χ1) is 6.74. The van der Waals surface area contributed by atoms with Crippen molar-refractivity contribution in [1.29, 1.82) is 10.8 Å². The van der Waals surface area contributed by atoms with Gasteiger partial charge in [0.1, 0.15) is 0 Å². The maximum Gasteiger partial charge on any atom is 0.231 e. The van der Waals surface area contributed by atoms with Crippen molar-refractivity contribution in [2.75, 3.05) is 0 Å². The second-order valence-electron chi connectivity index (χ2n) is 3.76. The molecule has 2 saturated carbocycles. The lowest BCUT2D eigenvalue weighted by Crippen LogP contribution is -2.24. The van der Waals surface area contributed by atoms with Crippen molar-refractivity contribution in [3.05, 3.63) is 0 Å². The summed E-state index contributed by atoms with van der Waals surface area (Å²) in [6, 6.07) is 0. The summed E-state index contributed by atoms with van der Waals surface area (Å²) in [7, 11) is 0. The van der Waals surface area contributed by atoms with E-state index in [0.29, 0.717) is 0 Å². The summed E-state index contributed by atoms with van der Waals surface area (Å²) in [4.78, 5) is 16.7. The standard InChI is InChI=1S/C8H14.2CHNO/c1-2-5-8(4-1)6-3-7-8;2*2-1-3/h1-7H2;2*2H. The maximum atomic E-state index is 8.35. The van der Waals surface area contributed by atoms with Crippen molar-refractivity contribution < 1.29 is 9.59 Å². The van der Waals surface area contributed by atoms with Crippen molar-refractivity contribution in [2.24, 2.45) is 5.41 Å². The SMILES string of the molecule is C1CCC2(C1)CCC2.N=C=O.N=C=O. The third kappa shape index (κ3) is 4.13. The van der Waals surface area contributed by atoms with Gasteiger partial charge in [0.15, 0.2) is 0 Å². The Hall–Kier alpha value is -1.24. The largest absolute Gasteiger partial charge is 0.231 e. The molecule has 0 aromatic rings. The van der Waals surface area contributed by atoms with Crippen LogP contribution in [-0.2, 0) is 9.59 Å². The van der Waals surface area contributed by atoms with Crippen molar-refractivity contribution in [3.8, 4) is 0 Å². The highest BCUT2D eigenvalue weighted by molar-refractivity contribution is 5.26. The zero-order valence-corrected chi connectivity index (χ0v) is 8.27. The Bertz CT molecular complexity index is 202. The molecule has 14 heavy (non-hydrogen) atoms. The lowest BCUT2D eigenvalue weighted by molar-refractivity contribution is 0.144. The Morgan fingerprint density at radius 1 is 0.786 bits per heavy atom. The highest BCUT2D eigenvalue weighted by Crippen LogP contribution is 2.52. The first-order valence-electron chi connectivity index (χ1n) is 4.82. The van der Waals surface area contributed by atoms with Gasteiger partial charge in [-0.2, -0.15) is 0 Å². The van der Waals surface area contributed by atoms with Gasteiger partial charge in [-0.25, -0.2) is 20.4 Å². The maximum absolute atomic E-state index is 8.35. The molecule has 2 fully saturated rings. The van der Waals surface area contributed by atoms with Crippen LogP contribution < -0.4 is 0 Å². The smallest absolute Gasteiger partial charge is 0.222 e. The Labute approximate surface area is 83.7 Å². The second kappa shape index (κ2) is 7.19. The molecule has 4 heteroatoms. The molecule has 0 aromatic carbocycles. The van der Waals surface area contributed by atoms with E-state index in [-0.39, 0.29) is 0 Å². The van der Waals surface area contributed by atoms with Crippen molar-refractivity contribution in [2.45, 2.75) is 44.9 Å². The van der Waals surface area contributed by atoms with Crippen LogP contribution in [0.25, 0.3) is 0 Å². The van der Waals surface area contributed by atoms with Crippen molar-refractivity contribution in [1.82, 2.24) is 0 Å². The number of rotatable bonds is 0. The van der Waals surface area contributed by atoms with Crippen molar-refractivity contribution >= 4 is 12.2 Å². The molecule has 2 N–H and O–H groups in total. The summed E-state index contributed by atoms with van der Waals surface area (Å²) in [5.41, 5.74) is 0.917. The number of hydrogen-bond acceptors (Lipinski definition) is 4. The summed E-state index contributed by atoms with van der Waals surface area (Å²) < 4.78 is 0. The second-order valence-corrected chi connectivity index (χ2v) is 3.76. The van der Waals surface area contributed by atoms with Gasteiger partial charge >= 0.3 is 0 Å². The fourth-order valence-corrected chi connectivity index (χ4v) is 2.30. The van der Waals surface area contributed by atoms with Gasteiger partial charge in [0.05, 0.1) is 0 Å². The Balaban J connectivity index is 0.000000242. The molecule has 1 spiro atoms. The summed E-state index contributed by atoms with van der Waals surface area (Å²) in [5, 5.41) is 10.8. The fraction of sp³-hybridized carbons (Fsp3) is 0.800. The zero-order chi connectivity index (χ0) is 10.9. The van der Waals surface area contributed by atoms with Crippen LogP contribution in [0, 0.1) is 16.2 Å². The average Bonchev–Trinajstić information content (AvgIpc) is 2.53. The number of hydrogen-bond donors (Lipinski definition) is 2. The van der Waals surface area contributed by atoms with E-state index in [1.54, 1.807) is 25.7 Å². The fourth-order valence-electron chi connectivity index (χ4n) is 2.30. The summed E-state index contributed by atoms with van der Waals surface area (Å²) in [6.45, 7) is 0.